The van der Waals surface area contributed by atoms with Crippen LogP contribution in [0.3, 0.4) is 0 Å². The van der Waals surface area contributed by atoms with Gasteiger partial charge in [-0.1, -0.05) is 6.92 Å². The van der Waals surface area contributed by atoms with Crippen molar-refractivity contribution in [2.24, 2.45) is 5.73 Å². The van der Waals surface area contributed by atoms with Crippen LogP contribution in [0.5, 0.6) is 5.75 Å². The summed E-state index contributed by atoms with van der Waals surface area (Å²) in [5.74, 6) is 1.23. The number of hydrogen-bond acceptors (Lipinski definition) is 6. The summed E-state index contributed by atoms with van der Waals surface area (Å²) in [6, 6.07) is 5.00. The zero-order chi connectivity index (χ0) is 20.1. The van der Waals surface area contributed by atoms with Gasteiger partial charge in [-0.05, 0) is 56.8 Å². The van der Waals surface area contributed by atoms with Crippen LogP contribution in [0.2, 0.25) is 0 Å². The van der Waals surface area contributed by atoms with Gasteiger partial charge in [-0.2, -0.15) is 0 Å². The average Bonchev–Trinajstić information content (AvgIpc) is 2.72. The van der Waals surface area contributed by atoms with Crippen molar-refractivity contribution in [1.29, 1.82) is 0 Å². The number of nitrogen functional groups attached to an aromatic ring is 1. The largest absolute Gasteiger partial charge is 0.495 e. The summed E-state index contributed by atoms with van der Waals surface area (Å²) in [5.41, 5.74) is 15.5. The number of rotatable bonds is 7. The summed E-state index contributed by atoms with van der Waals surface area (Å²) >= 11 is 0. The molecule has 28 heavy (non-hydrogen) atoms. The maximum Gasteiger partial charge on any atom is 0.143 e. The SMILES string of the molecule is CCC(CCN)c1cc(N)c(OC)cc1N1CCC(N2CCN(C)CC2)CC1. The summed E-state index contributed by atoms with van der Waals surface area (Å²) in [6.45, 7) is 9.92. The molecule has 2 saturated heterocycles. The van der Waals surface area contributed by atoms with E-state index in [0.717, 1.165) is 43.4 Å². The van der Waals surface area contributed by atoms with E-state index in [1.54, 1.807) is 7.11 Å². The Kier molecular flexibility index (Phi) is 7.43. The fourth-order valence-corrected chi connectivity index (χ4v) is 4.82. The van der Waals surface area contributed by atoms with Crippen molar-refractivity contribution in [3.05, 3.63) is 17.7 Å². The molecule has 1 unspecified atom stereocenters. The highest BCUT2D eigenvalue weighted by molar-refractivity contribution is 5.68. The summed E-state index contributed by atoms with van der Waals surface area (Å²) in [4.78, 5) is 7.68. The van der Waals surface area contributed by atoms with Gasteiger partial charge in [-0.25, -0.2) is 0 Å². The molecule has 0 spiro atoms. The zero-order valence-electron chi connectivity index (χ0n) is 18.0. The molecule has 6 nitrogen and oxygen atoms in total. The van der Waals surface area contributed by atoms with Gasteiger partial charge >= 0.3 is 0 Å². The lowest BCUT2D eigenvalue weighted by Crippen LogP contribution is -2.52. The van der Waals surface area contributed by atoms with Gasteiger partial charge in [0, 0.05) is 57.1 Å². The smallest absolute Gasteiger partial charge is 0.143 e. The van der Waals surface area contributed by atoms with E-state index in [1.807, 2.05) is 0 Å². The van der Waals surface area contributed by atoms with Crippen molar-refractivity contribution in [2.45, 2.75) is 44.6 Å². The lowest BCUT2D eigenvalue weighted by Gasteiger charge is -2.43. The number of hydrogen-bond donors (Lipinski definition) is 2. The average molecular weight is 390 g/mol. The molecule has 6 heteroatoms. The number of likely N-dealkylation sites (N-methyl/N-ethyl adjacent to an activating group) is 1. The number of piperazine rings is 1. The molecule has 0 aliphatic carbocycles. The van der Waals surface area contributed by atoms with Crippen LogP contribution in [-0.4, -0.2) is 75.8 Å². The van der Waals surface area contributed by atoms with Crippen LogP contribution in [0.4, 0.5) is 11.4 Å². The highest BCUT2D eigenvalue weighted by Crippen LogP contribution is 2.39. The van der Waals surface area contributed by atoms with Crippen LogP contribution in [0.15, 0.2) is 12.1 Å². The van der Waals surface area contributed by atoms with Gasteiger partial charge in [-0.3, -0.25) is 4.90 Å². The van der Waals surface area contributed by atoms with Crippen LogP contribution in [-0.2, 0) is 0 Å². The molecule has 1 atom stereocenters. The quantitative estimate of drug-likeness (QED) is 0.698. The highest BCUT2D eigenvalue weighted by atomic mass is 16.5. The monoisotopic (exact) mass is 389 g/mol. The first-order valence-corrected chi connectivity index (χ1v) is 10.9. The highest BCUT2D eigenvalue weighted by Gasteiger charge is 2.28. The van der Waals surface area contributed by atoms with Crippen LogP contribution in [0, 0.1) is 0 Å². The van der Waals surface area contributed by atoms with E-state index in [2.05, 4.69) is 40.8 Å². The molecule has 2 aliphatic rings. The molecule has 0 saturated carbocycles. The van der Waals surface area contributed by atoms with Crippen LogP contribution < -0.4 is 21.1 Å². The summed E-state index contributed by atoms with van der Waals surface area (Å²) < 4.78 is 5.54. The van der Waals surface area contributed by atoms with Crippen LogP contribution >= 0.6 is 0 Å². The Morgan fingerprint density at radius 1 is 1.11 bits per heavy atom. The number of ether oxygens (including phenoxy) is 1. The predicted octanol–water partition coefficient (Wildman–Crippen LogP) is 2.34. The number of nitrogens with zero attached hydrogens (tertiary/aromatic N) is 3. The zero-order valence-corrected chi connectivity index (χ0v) is 18.0. The minimum absolute atomic E-state index is 0.448. The molecule has 1 aromatic rings. The van der Waals surface area contributed by atoms with E-state index < -0.39 is 0 Å². The molecular weight excluding hydrogens is 350 g/mol. The Bertz CT molecular complexity index is 622. The van der Waals surface area contributed by atoms with Crippen molar-refractivity contribution < 1.29 is 4.74 Å². The molecule has 0 radical (unpaired) electrons. The maximum atomic E-state index is 6.26. The van der Waals surface area contributed by atoms with E-state index >= 15 is 0 Å². The fourth-order valence-electron chi connectivity index (χ4n) is 4.82. The topological polar surface area (TPSA) is 71.0 Å². The van der Waals surface area contributed by atoms with Crippen molar-refractivity contribution in [1.82, 2.24) is 9.80 Å². The first kappa shape index (κ1) is 21.2. The third kappa shape index (κ3) is 4.73. The van der Waals surface area contributed by atoms with Crippen molar-refractivity contribution in [2.75, 3.05) is 70.6 Å². The number of piperidine rings is 1. The Morgan fingerprint density at radius 2 is 1.79 bits per heavy atom. The van der Waals surface area contributed by atoms with Gasteiger partial charge in [0.2, 0.25) is 0 Å². The normalized spacial score (nSPS) is 21.1. The van der Waals surface area contributed by atoms with E-state index in [1.165, 1.54) is 50.3 Å². The third-order valence-electron chi connectivity index (χ3n) is 6.69. The number of methoxy groups -OCH3 is 1. The standard InChI is InChI=1S/C22H39N5O/c1-4-17(5-8-23)19-15-20(24)22(28-3)16-21(19)27-9-6-18(7-10-27)26-13-11-25(2)12-14-26/h15-18H,4-14,23-24H2,1-3H3. The Labute approximate surface area is 170 Å². The minimum Gasteiger partial charge on any atom is -0.495 e. The molecule has 2 fully saturated rings. The van der Waals surface area contributed by atoms with Crippen LogP contribution in [0.25, 0.3) is 0 Å². The molecule has 0 aromatic heterocycles. The summed E-state index contributed by atoms with van der Waals surface area (Å²) in [7, 11) is 3.92. The van der Waals surface area contributed by atoms with Crippen molar-refractivity contribution in [3.8, 4) is 5.75 Å². The fraction of sp³-hybridized carbons (Fsp3) is 0.727. The van der Waals surface area contributed by atoms with E-state index in [9.17, 15) is 0 Å². The minimum atomic E-state index is 0.448. The first-order valence-electron chi connectivity index (χ1n) is 10.9. The van der Waals surface area contributed by atoms with Crippen LogP contribution in [0.1, 0.15) is 44.1 Å². The number of anilines is 2. The first-order chi connectivity index (χ1) is 13.6. The second-order valence-corrected chi connectivity index (χ2v) is 8.39. The van der Waals surface area contributed by atoms with Crippen molar-refractivity contribution >= 4 is 11.4 Å². The number of benzene rings is 1. The van der Waals surface area contributed by atoms with Gasteiger partial charge in [0.05, 0.1) is 12.8 Å². The molecule has 0 bridgehead atoms. The number of nitrogens with two attached hydrogens (primary N) is 2. The molecule has 4 N–H and O–H groups in total. The molecule has 2 heterocycles. The molecule has 3 rings (SSSR count). The summed E-state index contributed by atoms with van der Waals surface area (Å²) in [6.07, 6.45) is 4.52. The third-order valence-corrected chi connectivity index (χ3v) is 6.69. The molecule has 2 aliphatic heterocycles. The maximum absolute atomic E-state index is 6.26. The van der Waals surface area contributed by atoms with Gasteiger partial charge in [0.15, 0.2) is 0 Å². The second kappa shape index (κ2) is 9.81. The molecule has 0 amide bonds. The molecular formula is C22H39N5O. The summed E-state index contributed by atoms with van der Waals surface area (Å²) in [5, 5.41) is 0. The van der Waals surface area contributed by atoms with Gasteiger partial charge < -0.3 is 26.0 Å². The lowest BCUT2D eigenvalue weighted by molar-refractivity contribution is 0.0982. The van der Waals surface area contributed by atoms with E-state index in [0.29, 0.717) is 12.5 Å². The Hall–Kier alpha value is -1.50. The van der Waals surface area contributed by atoms with Crippen molar-refractivity contribution in [3.63, 3.8) is 0 Å². The molecule has 1 aromatic carbocycles. The van der Waals surface area contributed by atoms with E-state index in [-0.39, 0.29) is 0 Å². The molecule has 158 valence electrons. The second-order valence-electron chi connectivity index (χ2n) is 8.39. The van der Waals surface area contributed by atoms with E-state index in [4.69, 9.17) is 16.2 Å². The lowest BCUT2D eigenvalue weighted by atomic mass is 9.90. The van der Waals surface area contributed by atoms with Gasteiger partial charge in [0.25, 0.3) is 0 Å². The Morgan fingerprint density at radius 3 is 2.36 bits per heavy atom. The Balaban J connectivity index is 1.75. The predicted molar refractivity (Wildman–Crippen MR) is 118 cm³/mol. The van der Waals surface area contributed by atoms with Gasteiger partial charge in [-0.15, -0.1) is 0 Å². The van der Waals surface area contributed by atoms with Gasteiger partial charge in [0.1, 0.15) is 5.75 Å².